The SMILES string of the molecule is CC(=O)Nc1ccc(Cl)c(C=Nc2cccc3cnccc23)c1Cl. The molecule has 3 rings (SSSR count). The molecule has 4 nitrogen and oxygen atoms in total. The molecule has 0 bridgehead atoms. The number of carbonyl (C=O) groups excluding carboxylic acids is 1. The molecule has 2 aromatic carbocycles. The number of nitrogens with one attached hydrogen (secondary N) is 1. The minimum absolute atomic E-state index is 0.205. The number of fused-ring (bicyclic) bond motifs is 1. The summed E-state index contributed by atoms with van der Waals surface area (Å²) in [4.78, 5) is 19.9. The topological polar surface area (TPSA) is 54.4 Å². The summed E-state index contributed by atoms with van der Waals surface area (Å²) in [6, 6.07) is 11.0. The molecule has 3 aromatic rings. The van der Waals surface area contributed by atoms with E-state index in [0.29, 0.717) is 21.3 Å². The maximum atomic E-state index is 11.2. The minimum Gasteiger partial charge on any atom is -0.325 e. The Hall–Kier alpha value is -2.43. The monoisotopic (exact) mass is 357 g/mol. The minimum atomic E-state index is -0.205. The fourth-order valence-corrected chi connectivity index (χ4v) is 2.84. The molecule has 0 fully saturated rings. The normalized spacial score (nSPS) is 11.1. The van der Waals surface area contributed by atoms with Crippen molar-refractivity contribution in [3.05, 3.63) is 64.4 Å². The van der Waals surface area contributed by atoms with Crippen LogP contribution in [-0.4, -0.2) is 17.1 Å². The van der Waals surface area contributed by atoms with Gasteiger partial charge in [0.25, 0.3) is 0 Å². The number of amides is 1. The second-order valence-corrected chi connectivity index (χ2v) is 5.92. The van der Waals surface area contributed by atoms with E-state index in [9.17, 15) is 4.79 Å². The van der Waals surface area contributed by atoms with Crippen molar-refractivity contribution in [3.63, 3.8) is 0 Å². The van der Waals surface area contributed by atoms with Gasteiger partial charge in [-0.25, -0.2) is 0 Å². The Morgan fingerprint density at radius 3 is 2.83 bits per heavy atom. The maximum Gasteiger partial charge on any atom is 0.221 e. The van der Waals surface area contributed by atoms with Gasteiger partial charge in [0, 0.05) is 41.9 Å². The van der Waals surface area contributed by atoms with Gasteiger partial charge in [-0.05, 0) is 24.3 Å². The van der Waals surface area contributed by atoms with E-state index >= 15 is 0 Å². The van der Waals surface area contributed by atoms with Crippen LogP contribution >= 0.6 is 23.2 Å². The zero-order valence-electron chi connectivity index (χ0n) is 12.8. The fourth-order valence-electron chi connectivity index (χ4n) is 2.33. The molecule has 6 heteroatoms. The smallest absolute Gasteiger partial charge is 0.221 e. The lowest BCUT2D eigenvalue weighted by Crippen LogP contribution is -2.07. The molecule has 1 N–H and O–H groups in total. The number of aliphatic imine (C=N–C) groups is 1. The number of pyridine rings is 1. The standard InChI is InChI=1S/C18H13Cl2N3O/c1-11(24)23-17-6-5-15(19)14(18(17)20)10-22-16-4-2-3-12-9-21-8-7-13(12)16/h2-10H,1H3,(H,23,24). The second kappa shape index (κ2) is 6.99. The fraction of sp³-hybridized carbons (Fsp3) is 0.0556. The molecule has 0 spiro atoms. The molecule has 1 amide bonds. The Bertz CT molecular complexity index is 949. The summed E-state index contributed by atoms with van der Waals surface area (Å²) in [5, 5.41) is 5.45. The number of halogens is 2. The van der Waals surface area contributed by atoms with Gasteiger partial charge in [0.15, 0.2) is 0 Å². The van der Waals surface area contributed by atoms with Crippen LogP contribution < -0.4 is 5.32 Å². The van der Waals surface area contributed by atoms with Crippen molar-refractivity contribution in [1.29, 1.82) is 0 Å². The summed E-state index contributed by atoms with van der Waals surface area (Å²) in [6.45, 7) is 1.42. The lowest BCUT2D eigenvalue weighted by Gasteiger charge is -2.09. The molecular weight excluding hydrogens is 345 g/mol. The van der Waals surface area contributed by atoms with Crippen LogP contribution in [0, 0.1) is 0 Å². The first-order valence-corrected chi connectivity index (χ1v) is 7.94. The Labute approximate surface area is 149 Å². The van der Waals surface area contributed by atoms with Gasteiger partial charge in [0.2, 0.25) is 5.91 Å². The summed E-state index contributed by atoms with van der Waals surface area (Å²) in [5.74, 6) is -0.205. The highest BCUT2D eigenvalue weighted by Gasteiger charge is 2.10. The zero-order chi connectivity index (χ0) is 17.1. The number of anilines is 1. The average Bonchev–Trinajstić information content (AvgIpc) is 2.57. The molecule has 120 valence electrons. The largest absolute Gasteiger partial charge is 0.325 e. The van der Waals surface area contributed by atoms with Crippen LogP contribution in [0.15, 0.2) is 53.8 Å². The van der Waals surface area contributed by atoms with Crippen molar-refractivity contribution < 1.29 is 4.79 Å². The first-order valence-electron chi connectivity index (χ1n) is 7.18. The highest BCUT2D eigenvalue weighted by molar-refractivity contribution is 6.40. The Morgan fingerprint density at radius 2 is 2.04 bits per heavy atom. The third kappa shape index (κ3) is 3.40. The summed E-state index contributed by atoms with van der Waals surface area (Å²) in [6.07, 6.45) is 5.11. The van der Waals surface area contributed by atoms with E-state index in [-0.39, 0.29) is 5.91 Å². The number of carbonyl (C=O) groups is 1. The van der Waals surface area contributed by atoms with Gasteiger partial charge < -0.3 is 5.32 Å². The van der Waals surface area contributed by atoms with E-state index in [2.05, 4.69) is 15.3 Å². The van der Waals surface area contributed by atoms with Gasteiger partial charge >= 0.3 is 0 Å². The molecule has 0 unspecified atom stereocenters. The maximum absolute atomic E-state index is 11.2. The summed E-state index contributed by atoms with van der Waals surface area (Å²) in [5.41, 5.74) is 1.83. The third-order valence-corrected chi connectivity index (χ3v) is 4.16. The van der Waals surface area contributed by atoms with Crippen LogP contribution in [0.5, 0.6) is 0 Å². The average molecular weight is 358 g/mol. The van der Waals surface area contributed by atoms with E-state index < -0.39 is 0 Å². The van der Waals surface area contributed by atoms with Gasteiger partial charge in [-0.15, -0.1) is 0 Å². The molecule has 1 heterocycles. The van der Waals surface area contributed by atoms with Gasteiger partial charge in [-0.2, -0.15) is 0 Å². The number of hydrogen-bond acceptors (Lipinski definition) is 3. The first-order chi connectivity index (χ1) is 11.6. The Kier molecular flexibility index (Phi) is 4.79. The predicted octanol–water partition coefficient (Wildman–Crippen LogP) is 5.25. The zero-order valence-corrected chi connectivity index (χ0v) is 14.3. The van der Waals surface area contributed by atoms with E-state index in [4.69, 9.17) is 23.2 Å². The molecule has 0 saturated carbocycles. The van der Waals surface area contributed by atoms with Gasteiger partial charge in [-0.1, -0.05) is 35.3 Å². The Morgan fingerprint density at radius 1 is 1.21 bits per heavy atom. The van der Waals surface area contributed by atoms with Crippen molar-refractivity contribution in [1.82, 2.24) is 4.98 Å². The van der Waals surface area contributed by atoms with Crippen LogP contribution in [0.1, 0.15) is 12.5 Å². The van der Waals surface area contributed by atoms with E-state index in [1.165, 1.54) is 6.92 Å². The lowest BCUT2D eigenvalue weighted by atomic mass is 10.1. The van der Waals surface area contributed by atoms with Crippen molar-refractivity contribution in [2.24, 2.45) is 4.99 Å². The quantitative estimate of drug-likeness (QED) is 0.650. The van der Waals surface area contributed by atoms with Crippen LogP contribution in [0.25, 0.3) is 10.8 Å². The number of nitrogens with zero attached hydrogens (tertiary/aromatic N) is 2. The first kappa shape index (κ1) is 16.4. The van der Waals surface area contributed by atoms with Crippen molar-refractivity contribution in [2.45, 2.75) is 6.92 Å². The van der Waals surface area contributed by atoms with E-state index in [1.54, 1.807) is 30.7 Å². The highest BCUT2D eigenvalue weighted by atomic mass is 35.5. The molecule has 0 aliphatic rings. The van der Waals surface area contributed by atoms with Crippen LogP contribution in [-0.2, 0) is 4.79 Å². The van der Waals surface area contributed by atoms with Gasteiger partial charge in [-0.3, -0.25) is 14.8 Å². The molecular formula is C18H13Cl2N3O. The molecule has 0 saturated heterocycles. The highest BCUT2D eigenvalue weighted by Crippen LogP contribution is 2.32. The summed E-state index contributed by atoms with van der Waals surface area (Å²) in [7, 11) is 0. The van der Waals surface area contributed by atoms with E-state index in [1.807, 2.05) is 24.3 Å². The van der Waals surface area contributed by atoms with E-state index in [0.717, 1.165) is 16.5 Å². The van der Waals surface area contributed by atoms with Crippen molar-refractivity contribution in [2.75, 3.05) is 5.32 Å². The van der Waals surface area contributed by atoms with Crippen molar-refractivity contribution in [3.8, 4) is 0 Å². The number of benzene rings is 2. The Balaban J connectivity index is 2.04. The second-order valence-electron chi connectivity index (χ2n) is 5.14. The molecule has 0 atom stereocenters. The summed E-state index contributed by atoms with van der Waals surface area (Å²) >= 11 is 12.6. The van der Waals surface area contributed by atoms with Crippen LogP contribution in [0.2, 0.25) is 10.0 Å². The third-order valence-electron chi connectivity index (χ3n) is 3.43. The molecule has 0 radical (unpaired) electrons. The lowest BCUT2D eigenvalue weighted by molar-refractivity contribution is -0.114. The van der Waals surface area contributed by atoms with Crippen molar-refractivity contribution >= 4 is 57.5 Å². The van der Waals surface area contributed by atoms with Crippen LogP contribution in [0.3, 0.4) is 0 Å². The van der Waals surface area contributed by atoms with Gasteiger partial charge in [0.1, 0.15) is 0 Å². The molecule has 1 aromatic heterocycles. The van der Waals surface area contributed by atoms with Gasteiger partial charge in [0.05, 0.1) is 21.4 Å². The number of aromatic nitrogens is 1. The predicted molar refractivity (Wildman–Crippen MR) is 99.8 cm³/mol. The summed E-state index contributed by atoms with van der Waals surface area (Å²) < 4.78 is 0. The van der Waals surface area contributed by atoms with Crippen LogP contribution in [0.4, 0.5) is 11.4 Å². The molecule has 0 aliphatic carbocycles. The molecule has 24 heavy (non-hydrogen) atoms. The number of rotatable bonds is 3. The number of hydrogen-bond donors (Lipinski definition) is 1. The molecule has 0 aliphatic heterocycles.